The fraction of sp³-hybridized carbons (Fsp3) is 0.933. The molecule has 1 saturated carbocycles. The molecule has 100 valence electrons. The molecule has 0 spiro atoms. The van der Waals surface area contributed by atoms with E-state index in [1.807, 2.05) is 0 Å². The highest BCUT2D eigenvalue weighted by Gasteiger charge is 2.22. The summed E-state index contributed by atoms with van der Waals surface area (Å²) in [4.78, 5) is 11.8. The van der Waals surface area contributed by atoms with Crippen molar-refractivity contribution in [1.29, 1.82) is 0 Å². The fourth-order valence-electron chi connectivity index (χ4n) is 2.59. The molecule has 1 rings (SSSR count). The van der Waals surface area contributed by atoms with Crippen molar-refractivity contribution in [2.75, 3.05) is 0 Å². The number of carbonyl (C=O) groups excluding carboxylic acids is 1. The van der Waals surface area contributed by atoms with Gasteiger partial charge in [-0.3, -0.25) is 4.79 Å². The monoisotopic (exact) mass is 239 g/mol. The normalized spacial score (nSPS) is 25.6. The third kappa shape index (κ3) is 6.09. The molecule has 2 atom stereocenters. The first-order chi connectivity index (χ1) is 7.88. The molecule has 1 N–H and O–H groups in total. The molecule has 2 nitrogen and oxygen atoms in total. The summed E-state index contributed by atoms with van der Waals surface area (Å²) >= 11 is 0. The summed E-state index contributed by atoms with van der Waals surface area (Å²) in [5.74, 6) is 0.920. The molecule has 0 heterocycles. The standard InChI is InChI=1S/C15H29NO/c1-12-8-5-6-9-13(12)16-14(17)10-7-11-15(2,3)4/h12-13H,5-11H2,1-4H3,(H,16,17)/t12-,13-/m0/s1. The average molecular weight is 239 g/mol. The molecule has 0 aliphatic heterocycles. The predicted molar refractivity (Wildman–Crippen MR) is 72.9 cm³/mol. The van der Waals surface area contributed by atoms with Crippen LogP contribution in [0.25, 0.3) is 0 Å². The Labute approximate surface area is 107 Å². The third-order valence-corrected chi connectivity index (χ3v) is 3.79. The first kappa shape index (κ1) is 14.5. The Morgan fingerprint density at radius 2 is 1.88 bits per heavy atom. The van der Waals surface area contributed by atoms with Crippen molar-refractivity contribution in [2.24, 2.45) is 11.3 Å². The van der Waals surface area contributed by atoms with Gasteiger partial charge >= 0.3 is 0 Å². The molecule has 0 unspecified atom stereocenters. The van der Waals surface area contributed by atoms with E-state index in [9.17, 15) is 4.79 Å². The van der Waals surface area contributed by atoms with E-state index in [0.717, 1.165) is 12.8 Å². The van der Waals surface area contributed by atoms with Crippen LogP contribution in [0.15, 0.2) is 0 Å². The largest absolute Gasteiger partial charge is 0.353 e. The highest BCUT2D eigenvalue weighted by molar-refractivity contribution is 5.76. The zero-order chi connectivity index (χ0) is 12.9. The van der Waals surface area contributed by atoms with E-state index in [1.54, 1.807) is 0 Å². The predicted octanol–water partition coefficient (Wildman–Crippen LogP) is 3.90. The van der Waals surface area contributed by atoms with Crippen molar-refractivity contribution in [1.82, 2.24) is 5.32 Å². The third-order valence-electron chi connectivity index (χ3n) is 3.79. The Kier molecular flexibility index (Phi) is 5.48. The quantitative estimate of drug-likeness (QED) is 0.792. The summed E-state index contributed by atoms with van der Waals surface area (Å²) in [5, 5.41) is 3.22. The summed E-state index contributed by atoms with van der Waals surface area (Å²) in [6, 6.07) is 0.436. The lowest BCUT2D eigenvalue weighted by molar-refractivity contribution is -0.122. The Morgan fingerprint density at radius 1 is 1.24 bits per heavy atom. The maximum Gasteiger partial charge on any atom is 0.220 e. The SMILES string of the molecule is C[C@H]1CCCC[C@@H]1NC(=O)CCCC(C)(C)C. The molecule has 2 heteroatoms. The van der Waals surface area contributed by atoms with E-state index < -0.39 is 0 Å². The summed E-state index contributed by atoms with van der Waals surface area (Å²) in [7, 11) is 0. The minimum absolute atomic E-state index is 0.257. The van der Waals surface area contributed by atoms with Crippen LogP contribution in [-0.4, -0.2) is 11.9 Å². The van der Waals surface area contributed by atoms with E-state index >= 15 is 0 Å². The van der Waals surface area contributed by atoms with Crippen LogP contribution in [0.2, 0.25) is 0 Å². The van der Waals surface area contributed by atoms with Crippen LogP contribution in [0.1, 0.15) is 72.6 Å². The van der Waals surface area contributed by atoms with Crippen LogP contribution < -0.4 is 5.32 Å². The summed E-state index contributed by atoms with van der Waals surface area (Å²) < 4.78 is 0. The molecule has 1 aliphatic rings. The van der Waals surface area contributed by atoms with Crippen molar-refractivity contribution in [3.63, 3.8) is 0 Å². The Bertz CT molecular complexity index is 242. The van der Waals surface area contributed by atoms with Crippen molar-refractivity contribution < 1.29 is 4.79 Å². The molecule has 0 radical (unpaired) electrons. The first-order valence-electron chi connectivity index (χ1n) is 7.18. The van der Waals surface area contributed by atoms with Crippen LogP contribution in [0, 0.1) is 11.3 Å². The lowest BCUT2D eigenvalue weighted by Gasteiger charge is -2.29. The van der Waals surface area contributed by atoms with Gasteiger partial charge in [0.05, 0.1) is 0 Å². The Hall–Kier alpha value is -0.530. The second kappa shape index (κ2) is 6.42. The summed E-state index contributed by atoms with van der Waals surface area (Å²) in [6.45, 7) is 8.95. The number of nitrogens with one attached hydrogen (secondary N) is 1. The van der Waals surface area contributed by atoms with Gasteiger partial charge in [-0.1, -0.05) is 40.5 Å². The number of carbonyl (C=O) groups is 1. The minimum atomic E-state index is 0.257. The molecule has 1 fully saturated rings. The van der Waals surface area contributed by atoms with Gasteiger partial charge in [-0.2, -0.15) is 0 Å². The van der Waals surface area contributed by atoms with Crippen LogP contribution in [0.4, 0.5) is 0 Å². The number of rotatable bonds is 4. The average Bonchev–Trinajstić information content (AvgIpc) is 2.19. The molecule has 1 amide bonds. The number of amides is 1. The molecule has 0 aromatic rings. The molecule has 0 saturated heterocycles. The van der Waals surface area contributed by atoms with Gasteiger partial charge in [0.2, 0.25) is 5.91 Å². The molecule has 0 bridgehead atoms. The van der Waals surface area contributed by atoms with E-state index in [1.165, 1.54) is 25.7 Å². The van der Waals surface area contributed by atoms with Crippen molar-refractivity contribution in [3.05, 3.63) is 0 Å². The van der Waals surface area contributed by atoms with E-state index in [4.69, 9.17) is 0 Å². The van der Waals surface area contributed by atoms with Gasteiger partial charge in [0.25, 0.3) is 0 Å². The highest BCUT2D eigenvalue weighted by atomic mass is 16.1. The Balaban J connectivity index is 2.20. The zero-order valence-electron chi connectivity index (χ0n) is 12.0. The fourth-order valence-corrected chi connectivity index (χ4v) is 2.59. The topological polar surface area (TPSA) is 29.1 Å². The van der Waals surface area contributed by atoms with Crippen LogP contribution in [0.3, 0.4) is 0 Å². The molecule has 17 heavy (non-hydrogen) atoms. The maximum atomic E-state index is 11.8. The van der Waals surface area contributed by atoms with Gasteiger partial charge in [-0.15, -0.1) is 0 Å². The minimum Gasteiger partial charge on any atom is -0.353 e. The van der Waals surface area contributed by atoms with E-state index in [-0.39, 0.29) is 5.91 Å². The van der Waals surface area contributed by atoms with Crippen molar-refractivity contribution >= 4 is 5.91 Å². The molecular formula is C15H29NO. The maximum absolute atomic E-state index is 11.8. The summed E-state index contributed by atoms with van der Waals surface area (Å²) in [5.41, 5.74) is 0.346. The smallest absolute Gasteiger partial charge is 0.220 e. The van der Waals surface area contributed by atoms with Crippen molar-refractivity contribution in [3.8, 4) is 0 Å². The van der Waals surface area contributed by atoms with Crippen LogP contribution >= 0.6 is 0 Å². The van der Waals surface area contributed by atoms with E-state index in [2.05, 4.69) is 33.0 Å². The zero-order valence-corrected chi connectivity index (χ0v) is 12.0. The Morgan fingerprint density at radius 3 is 2.47 bits per heavy atom. The van der Waals surface area contributed by atoms with Crippen LogP contribution in [-0.2, 0) is 4.79 Å². The number of hydrogen-bond acceptors (Lipinski definition) is 1. The molecular weight excluding hydrogens is 210 g/mol. The molecule has 1 aliphatic carbocycles. The first-order valence-corrected chi connectivity index (χ1v) is 7.18. The lowest BCUT2D eigenvalue weighted by Crippen LogP contribution is -2.41. The van der Waals surface area contributed by atoms with Gasteiger partial charge in [0.1, 0.15) is 0 Å². The van der Waals surface area contributed by atoms with Crippen LogP contribution in [0.5, 0.6) is 0 Å². The highest BCUT2D eigenvalue weighted by Crippen LogP contribution is 2.24. The summed E-state index contributed by atoms with van der Waals surface area (Å²) in [6.07, 6.45) is 7.88. The van der Waals surface area contributed by atoms with Crippen molar-refractivity contribution in [2.45, 2.75) is 78.7 Å². The van der Waals surface area contributed by atoms with Gasteiger partial charge < -0.3 is 5.32 Å². The van der Waals surface area contributed by atoms with Gasteiger partial charge in [0, 0.05) is 12.5 Å². The van der Waals surface area contributed by atoms with Gasteiger partial charge in [-0.05, 0) is 37.0 Å². The van der Waals surface area contributed by atoms with E-state index in [0.29, 0.717) is 23.8 Å². The second-order valence-electron chi connectivity index (χ2n) is 6.85. The van der Waals surface area contributed by atoms with Gasteiger partial charge in [-0.25, -0.2) is 0 Å². The number of hydrogen-bond donors (Lipinski definition) is 1. The lowest BCUT2D eigenvalue weighted by atomic mass is 9.85. The molecule has 0 aromatic carbocycles. The second-order valence-corrected chi connectivity index (χ2v) is 6.85. The molecule has 0 aromatic heterocycles. The van der Waals surface area contributed by atoms with Gasteiger partial charge in [0.15, 0.2) is 0 Å².